The van der Waals surface area contributed by atoms with Crippen molar-refractivity contribution in [2.24, 2.45) is 0 Å². The summed E-state index contributed by atoms with van der Waals surface area (Å²) in [7, 11) is 0. The van der Waals surface area contributed by atoms with E-state index in [-0.39, 0.29) is 0 Å². The minimum atomic E-state index is 0.715. The molecule has 19 heavy (non-hydrogen) atoms. The maximum atomic E-state index is 5.89. The molecule has 4 heteroatoms. The number of hydrogen-bond acceptors (Lipinski definition) is 4. The van der Waals surface area contributed by atoms with Crippen molar-refractivity contribution in [3.05, 3.63) is 40.1 Å². The van der Waals surface area contributed by atoms with Crippen LogP contribution in [0.4, 0.5) is 11.4 Å². The van der Waals surface area contributed by atoms with Crippen LogP contribution in [0.25, 0.3) is 0 Å². The summed E-state index contributed by atoms with van der Waals surface area (Å²) in [6.45, 7) is 5.73. The van der Waals surface area contributed by atoms with Crippen molar-refractivity contribution in [2.45, 2.75) is 26.8 Å². The Bertz CT molecular complexity index is 537. The van der Waals surface area contributed by atoms with Crippen LogP contribution in [-0.4, -0.2) is 6.61 Å². The van der Waals surface area contributed by atoms with Crippen LogP contribution in [0.15, 0.2) is 30.3 Å². The zero-order valence-electron chi connectivity index (χ0n) is 11.4. The Morgan fingerprint density at radius 3 is 2.79 bits per heavy atom. The van der Waals surface area contributed by atoms with Crippen LogP contribution in [0.5, 0.6) is 5.75 Å². The first kappa shape index (κ1) is 13.7. The van der Waals surface area contributed by atoms with Gasteiger partial charge in [-0.2, -0.15) is 0 Å². The predicted octanol–water partition coefficient (Wildman–Crippen LogP) is 4.04. The zero-order valence-corrected chi connectivity index (χ0v) is 12.2. The van der Waals surface area contributed by atoms with Crippen LogP contribution >= 0.6 is 11.3 Å². The fourth-order valence-corrected chi connectivity index (χ4v) is 2.63. The number of nitrogens with two attached hydrogens (primary N) is 1. The van der Waals surface area contributed by atoms with Gasteiger partial charge in [-0.15, -0.1) is 11.3 Å². The average Bonchev–Trinajstić information content (AvgIpc) is 2.79. The lowest BCUT2D eigenvalue weighted by Crippen LogP contribution is -2.01. The molecule has 2 rings (SSSR count). The Hall–Kier alpha value is -1.68. The number of nitrogens with one attached hydrogen (secondary N) is 1. The Morgan fingerprint density at radius 1 is 1.26 bits per heavy atom. The predicted molar refractivity (Wildman–Crippen MR) is 83.0 cm³/mol. The average molecular weight is 276 g/mol. The minimum Gasteiger partial charge on any atom is -0.493 e. The van der Waals surface area contributed by atoms with Crippen molar-refractivity contribution in [1.29, 1.82) is 0 Å². The van der Waals surface area contributed by atoms with E-state index < -0.39 is 0 Å². The Kier molecular flexibility index (Phi) is 4.68. The number of nitrogen functional groups attached to an aromatic ring is 1. The monoisotopic (exact) mass is 276 g/mol. The van der Waals surface area contributed by atoms with Gasteiger partial charge in [0.25, 0.3) is 0 Å². The summed E-state index contributed by atoms with van der Waals surface area (Å²) in [6.07, 6.45) is 0.992. The molecule has 1 aromatic carbocycles. The van der Waals surface area contributed by atoms with Gasteiger partial charge in [-0.25, -0.2) is 0 Å². The molecule has 0 fully saturated rings. The molecule has 0 bridgehead atoms. The van der Waals surface area contributed by atoms with E-state index in [0.29, 0.717) is 6.61 Å². The molecule has 0 aliphatic rings. The van der Waals surface area contributed by atoms with Gasteiger partial charge in [-0.1, -0.05) is 6.92 Å². The topological polar surface area (TPSA) is 47.3 Å². The minimum absolute atomic E-state index is 0.715. The quantitative estimate of drug-likeness (QED) is 0.783. The first-order chi connectivity index (χ1) is 9.17. The van der Waals surface area contributed by atoms with Gasteiger partial charge in [0, 0.05) is 39.8 Å². The normalized spacial score (nSPS) is 10.4. The van der Waals surface area contributed by atoms with E-state index in [9.17, 15) is 0 Å². The summed E-state index contributed by atoms with van der Waals surface area (Å²) < 4.78 is 5.62. The molecule has 0 aliphatic heterocycles. The maximum absolute atomic E-state index is 5.89. The molecule has 102 valence electrons. The molecule has 0 unspecified atom stereocenters. The fourth-order valence-electron chi connectivity index (χ4n) is 1.80. The lowest BCUT2D eigenvalue weighted by Gasteiger charge is -2.10. The second-order valence-electron chi connectivity index (χ2n) is 4.51. The van der Waals surface area contributed by atoms with Crippen molar-refractivity contribution in [3.63, 3.8) is 0 Å². The lowest BCUT2D eigenvalue weighted by molar-refractivity contribution is 0.318. The van der Waals surface area contributed by atoms with Crippen LogP contribution in [-0.2, 0) is 6.54 Å². The van der Waals surface area contributed by atoms with Gasteiger partial charge in [0.15, 0.2) is 0 Å². The van der Waals surface area contributed by atoms with Crippen LogP contribution in [0.1, 0.15) is 23.1 Å². The van der Waals surface area contributed by atoms with Gasteiger partial charge in [0.2, 0.25) is 0 Å². The molecule has 1 aromatic heterocycles. The molecule has 0 saturated carbocycles. The van der Waals surface area contributed by atoms with Crippen molar-refractivity contribution < 1.29 is 4.74 Å². The van der Waals surface area contributed by atoms with Crippen LogP contribution in [0.2, 0.25) is 0 Å². The first-order valence-electron chi connectivity index (χ1n) is 6.50. The van der Waals surface area contributed by atoms with Crippen LogP contribution < -0.4 is 15.8 Å². The highest BCUT2D eigenvalue weighted by Gasteiger charge is 2.01. The van der Waals surface area contributed by atoms with Crippen molar-refractivity contribution in [3.8, 4) is 5.75 Å². The zero-order chi connectivity index (χ0) is 13.7. The molecule has 2 aromatic rings. The smallest absolute Gasteiger partial charge is 0.123 e. The Morgan fingerprint density at radius 2 is 2.11 bits per heavy atom. The van der Waals surface area contributed by atoms with Gasteiger partial charge in [0.1, 0.15) is 5.75 Å². The highest BCUT2D eigenvalue weighted by atomic mass is 32.1. The second kappa shape index (κ2) is 6.48. The standard InChI is InChI=1S/C15H20N2OS/c1-3-6-18-14-8-12(16)7-13(9-14)17-10-15-5-4-11(2)19-15/h4-5,7-9,17H,3,6,10,16H2,1-2H3. The number of benzene rings is 1. The molecule has 3 nitrogen and oxygen atoms in total. The molecular weight excluding hydrogens is 256 g/mol. The highest BCUT2D eigenvalue weighted by Crippen LogP contribution is 2.24. The van der Waals surface area contributed by atoms with Crippen molar-refractivity contribution in [2.75, 3.05) is 17.7 Å². The number of ether oxygens (including phenoxy) is 1. The lowest BCUT2D eigenvalue weighted by atomic mass is 10.2. The van der Waals surface area contributed by atoms with E-state index in [0.717, 1.165) is 30.1 Å². The van der Waals surface area contributed by atoms with E-state index in [1.165, 1.54) is 9.75 Å². The second-order valence-corrected chi connectivity index (χ2v) is 5.88. The van der Waals surface area contributed by atoms with E-state index in [1.54, 1.807) is 11.3 Å². The van der Waals surface area contributed by atoms with Crippen LogP contribution in [0, 0.1) is 6.92 Å². The number of anilines is 2. The summed E-state index contributed by atoms with van der Waals surface area (Å²) in [5.41, 5.74) is 7.60. The summed E-state index contributed by atoms with van der Waals surface area (Å²) in [6, 6.07) is 10.1. The SMILES string of the molecule is CCCOc1cc(N)cc(NCc2ccc(C)s2)c1. The molecular formula is C15H20N2OS. The first-order valence-corrected chi connectivity index (χ1v) is 7.31. The Balaban J connectivity index is 2.01. The van der Waals surface area contributed by atoms with Gasteiger partial charge in [-0.05, 0) is 31.5 Å². The molecule has 0 aliphatic carbocycles. The number of aryl methyl sites for hydroxylation is 1. The summed E-state index contributed by atoms with van der Waals surface area (Å²) in [4.78, 5) is 2.65. The molecule has 3 N–H and O–H groups in total. The van der Waals surface area contributed by atoms with Crippen molar-refractivity contribution >= 4 is 22.7 Å². The van der Waals surface area contributed by atoms with E-state index in [2.05, 4.69) is 31.3 Å². The summed E-state index contributed by atoms with van der Waals surface area (Å²) in [5, 5.41) is 3.38. The van der Waals surface area contributed by atoms with Gasteiger partial charge in [-0.3, -0.25) is 0 Å². The summed E-state index contributed by atoms with van der Waals surface area (Å²) >= 11 is 1.80. The highest BCUT2D eigenvalue weighted by molar-refractivity contribution is 7.11. The van der Waals surface area contributed by atoms with E-state index in [4.69, 9.17) is 10.5 Å². The van der Waals surface area contributed by atoms with Gasteiger partial charge in [0.05, 0.1) is 6.61 Å². The molecule has 0 radical (unpaired) electrons. The summed E-state index contributed by atoms with van der Waals surface area (Å²) in [5.74, 6) is 0.826. The van der Waals surface area contributed by atoms with E-state index >= 15 is 0 Å². The van der Waals surface area contributed by atoms with Crippen LogP contribution in [0.3, 0.4) is 0 Å². The van der Waals surface area contributed by atoms with Crippen molar-refractivity contribution in [1.82, 2.24) is 0 Å². The largest absolute Gasteiger partial charge is 0.493 e. The number of rotatable bonds is 6. The molecule has 0 spiro atoms. The molecule has 0 saturated heterocycles. The van der Waals surface area contributed by atoms with E-state index in [1.807, 2.05) is 18.2 Å². The van der Waals surface area contributed by atoms with Gasteiger partial charge >= 0.3 is 0 Å². The third kappa shape index (κ3) is 4.17. The molecule has 1 heterocycles. The molecule has 0 atom stereocenters. The molecule has 0 amide bonds. The third-order valence-corrected chi connectivity index (χ3v) is 3.67. The fraction of sp³-hybridized carbons (Fsp3) is 0.333. The van der Waals surface area contributed by atoms with Gasteiger partial charge < -0.3 is 15.8 Å². The third-order valence-electron chi connectivity index (χ3n) is 2.66. The maximum Gasteiger partial charge on any atom is 0.123 e. The Labute approximate surface area is 118 Å². The number of thiophene rings is 1. The number of hydrogen-bond donors (Lipinski definition) is 2.